The lowest BCUT2D eigenvalue weighted by molar-refractivity contribution is -0.192. The van der Waals surface area contributed by atoms with Crippen molar-refractivity contribution in [3.63, 3.8) is 0 Å². The summed E-state index contributed by atoms with van der Waals surface area (Å²) in [5.41, 5.74) is 0.0191. The van der Waals surface area contributed by atoms with E-state index < -0.39 is 42.5 Å². The topological polar surface area (TPSA) is 110 Å². The van der Waals surface area contributed by atoms with Crippen LogP contribution in [0.25, 0.3) is 0 Å². The smallest absolute Gasteiger partial charge is 0.154 e. The van der Waals surface area contributed by atoms with E-state index in [4.69, 9.17) is 4.74 Å². The standard InChI is InChI=1S/C27H46O6/c1-16-6-5-7-18-8-9-19-20(26(16,18)3)10-11-25(2)24(19)17(12-23(32)33-4)13-27(25,21(30)14-28)22(31)15-29/h17-24,28-32H,1,5-15H2,2-4H3/t17?,18?,19-,20-,21?,22?,23?,24+,25+,26+,27?/m1/s1. The molecule has 10 atom stereocenters. The molecule has 0 aliphatic heterocycles. The molecule has 0 spiro atoms. The number of aliphatic hydroxyl groups is 5. The quantitative estimate of drug-likeness (QED) is 0.292. The Morgan fingerprint density at radius 3 is 2.30 bits per heavy atom. The molecule has 6 heteroatoms. The Morgan fingerprint density at radius 2 is 1.70 bits per heavy atom. The van der Waals surface area contributed by atoms with Gasteiger partial charge in [-0.2, -0.15) is 0 Å². The summed E-state index contributed by atoms with van der Waals surface area (Å²) in [6.45, 7) is 8.24. The van der Waals surface area contributed by atoms with Gasteiger partial charge >= 0.3 is 0 Å². The summed E-state index contributed by atoms with van der Waals surface area (Å²) in [7, 11) is 1.50. The van der Waals surface area contributed by atoms with Crippen molar-refractivity contribution >= 4 is 0 Å². The van der Waals surface area contributed by atoms with E-state index in [1.54, 1.807) is 0 Å². The van der Waals surface area contributed by atoms with Crippen LogP contribution in [0.5, 0.6) is 0 Å². The number of methoxy groups -OCH3 is 1. The Labute approximate surface area is 199 Å². The Bertz CT molecular complexity index is 715. The highest BCUT2D eigenvalue weighted by Gasteiger charge is 2.71. The van der Waals surface area contributed by atoms with Crippen molar-refractivity contribution in [3.8, 4) is 0 Å². The highest BCUT2D eigenvalue weighted by Crippen LogP contribution is 2.74. The minimum absolute atomic E-state index is 0.0251. The Morgan fingerprint density at radius 1 is 1.03 bits per heavy atom. The van der Waals surface area contributed by atoms with Crippen LogP contribution in [0, 0.1) is 45.8 Å². The van der Waals surface area contributed by atoms with Crippen molar-refractivity contribution in [2.75, 3.05) is 20.3 Å². The molecule has 190 valence electrons. The molecule has 4 rings (SSSR count). The summed E-state index contributed by atoms with van der Waals surface area (Å²) in [5, 5.41) is 52.9. The average Bonchev–Trinajstić information content (AvgIpc) is 3.07. The molecule has 4 aliphatic rings. The molecule has 0 heterocycles. The lowest BCUT2D eigenvalue weighted by Crippen LogP contribution is -2.61. The predicted molar refractivity (Wildman–Crippen MR) is 126 cm³/mol. The lowest BCUT2D eigenvalue weighted by atomic mass is 9.41. The molecule has 0 aromatic heterocycles. The first-order valence-corrected chi connectivity index (χ1v) is 13.1. The Kier molecular flexibility index (Phi) is 7.12. The first-order valence-electron chi connectivity index (χ1n) is 13.1. The zero-order chi connectivity index (χ0) is 24.2. The molecule has 4 fully saturated rings. The summed E-state index contributed by atoms with van der Waals surface area (Å²) in [5.74, 6) is 1.75. The van der Waals surface area contributed by atoms with Crippen LogP contribution < -0.4 is 0 Å². The highest BCUT2D eigenvalue weighted by molar-refractivity contribution is 5.24. The maximum atomic E-state index is 11.2. The SMILES string of the molecule is C=C1CCCC2CC[C@@H]3[C@@H](CC[C@@]4(C)[C@H]3C(CC(O)OC)CC4(C(O)CO)C(O)CO)[C@@]12C. The van der Waals surface area contributed by atoms with Gasteiger partial charge in [0.25, 0.3) is 0 Å². The summed E-state index contributed by atoms with van der Waals surface area (Å²) in [4.78, 5) is 0. The number of rotatable bonds is 7. The number of hydrogen-bond donors (Lipinski definition) is 5. The van der Waals surface area contributed by atoms with Crippen molar-refractivity contribution in [2.45, 2.75) is 90.1 Å². The van der Waals surface area contributed by atoms with E-state index in [0.29, 0.717) is 30.6 Å². The van der Waals surface area contributed by atoms with Gasteiger partial charge in [-0.1, -0.05) is 26.0 Å². The maximum Gasteiger partial charge on any atom is 0.154 e. The summed E-state index contributed by atoms with van der Waals surface area (Å²) >= 11 is 0. The predicted octanol–water partition coefficient (Wildman–Crippen LogP) is 2.86. The zero-order valence-electron chi connectivity index (χ0n) is 20.7. The summed E-state index contributed by atoms with van der Waals surface area (Å²) < 4.78 is 5.24. The summed E-state index contributed by atoms with van der Waals surface area (Å²) in [6, 6.07) is 0. The molecule has 5 unspecified atom stereocenters. The van der Waals surface area contributed by atoms with E-state index in [1.807, 2.05) is 0 Å². The number of hydrogen-bond acceptors (Lipinski definition) is 6. The van der Waals surface area contributed by atoms with E-state index in [1.165, 1.54) is 31.9 Å². The van der Waals surface area contributed by atoms with E-state index in [0.717, 1.165) is 25.7 Å². The Hall–Kier alpha value is -0.500. The lowest BCUT2D eigenvalue weighted by Gasteiger charge is -2.63. The maximum absolute atomic E-state index is 11.2. The molecule has 0 aromatic rings. The normalized spacial score (nSPS) is 47.9. The van der Waals surface area contributed by atoms with Crippen LogP contribution in [-0.2, 0) is 4.74 Å². The van der Waals surface area contributed by atoms with Crippen molar-refractivity contribution < 1.29 is 30.3 Å². The van der Waals surface area contributed by atoms with Crippen LogP contribution in [0.2, 0.25) is 0 Å². The first kappa shape index (κ1) is 25.6. The van der Waals surface area contributed by atoms with Crippen LogP contribution >= 0.6 is 0 Å². The van der Waals surface area contributed by atoms with Crippen molar-refractivity contribution in [2.24, 2.45) is 45.8 Å². The van der Waals surface area contributed by atoms with Gasteiger partial charge in [-0.15, -0.1) is 0 Å². The fourth-order valence-corrected chi connectivity index (χ4v) is 9.88. The van der Waals surface area contributed by atoms with Crippen LogP contribution in [0.4, 0.5) is 0 Å². The molecular formula is C27H46O6. The number of fused-ring (bicyclic) bond motifs is 5. The largest absolute Gasteiger partial charge is 0.394 e. The molecule has 0 amide bonds. The van der Waals surface area contributed by atoms with Crippen LogP contribution in [-0.4, -0.2) is 64.4 Å². The van der Waals surface area contributed by atoms with Gasteiger partial charge in [0.05, 0.1) is 25.4 Å². The number of allylic oxidation sites excluding steroid dienone is 1. The monoisotopic (exact) mass is 466 g/mol. The molecule has 5 N–H and O–H groups in total. The molecule has 0 saturated heterocycles. The molecule has 0 bridgehead atoms. The number of aliphatic hydroxyl groups excluding tert-OH is 5. The third-order valence-electron chi connectivity index (χ3n) is 11.4. The molecule has 0 radical (unpaired) electrons. The second-order valence-electron chi connectivity index (χ2n) is 12.1. The highest BCUT2D eigenvalue weighted by atomic mass is 16.6. The van der Waals surface area contributed by atoms with Crippen LogP contribution in [0.15, 0.2) is 12.2 Å². The van der Waals surface area contributed by atoms with Gasteiger partial charge in [-0.25, -0.2) is 0 Å². The van der Waals surface area contributed by atoms with Gasteiger partial charge in [0.15, 0.2) is 6.29 Å². The van der Waals surface area contributed by atoms with Gasteiger partial charge in [-0.3, -0.25) is 0 Å². The third-order valence-corrected chi connectivity index (χ3v) is 11.4. The van der Waals surface area contributed by atoms with Gasteiger partial charge in [0.2, 0.25) is 0 Å². The van der Waals surface area contributed by atoms with Crippen molar-refractivity contribution in [3.05, 3.63) is 12.2 Å². The molecule has 4 aliphatic carbocycles. The van der Waals surface area contributed by atoms with Gasteiger partial charge in [-0.05, 0) is 91.8 Å². The first-order chi connectivity index (χ1) is 15.6. The van der Waals surface area contributed by atoms with Crippen molar-refractivity contribution in [1.82, 2.24) is 0 Å². The van der Waals surface area contributed by atoms with Crippen molar-refractivity contribution in [1.29, 1.82) is 0 Å². The number of ether oxygens (including phenoxy) is 1. The molecule has 4 saturated carbocycles. The summed E-state index contributed by atoms with van der Waals surface area (Å²) in [6.07, 6.45) is 5.40. The van der Waals surface area contributed by atoms with E-state index in [9.17, 15) is 25.5 Å². The molecule has 33 heavy (non-hydrogen) atoms. The fraction of sp³-hybridized carbons (Fsp3) is 0.926. The Balaban J connectivity index is 1.80. The average molecular weight is 467 g/mol. The van der Waals surface area contributed by atoms with Gasteiger partial charge in [0.1, 0.15) is 0 Å². The minimum Gasteiger partial charge on any atom is -0.394 e. The minimum atomic E-state index is -1.13. The zero-order valence-corrected chi connectivity index (χ0v) is 20.7. The van der Waals surface area contributed by atoms with Gasteiger partial charge in [0, 0.05) is 18.9 Å². The second kappa shape index (κ2) is 9.18. The second-order valence-corrected chi connectivity index (χ2v) is 12.1. The van der Waals surface area contributed by atoms with Gasteiger partial charge < -0.3 is 30.3 Å². The van der Waals surface area contributed by atoms with E-state index >= 15 is 0 Å². The van der Waals surface area contributed by atoms with Crippen LogP contribution in [0.1, 0.15) is 71.6 Å². The molecule has 0 aromatic carbocycles. The van der Waals surface area contributed by atoms with E-state index in [-0.39, 0.29) is 17.3 Å². The van der Waals surface area contributed by atoms with Crippen LogP contribution in [0.3, 0.4) is 0 Å². The molecular weight excluding hydrogens is 420 g/mol. The molecule has 6 nitrogen and oxygen atoms in total. The third kappa shape index (κ3) is 3.50. The fourth-order valence-electron chi connectivity index (χ4n) is 9.88. The van der Waals surface area contributed by atoms with E-state index in [2.05, 4.69) is 20.4 Å².